The first-order chi connectivity index (χ1) is 11.3. The van der Waals surface area contributed by atoms with Gasteiger partial charge >= 0.3 is 0 Å². The Balaban J connectivity index is 1.84. The fraction of sp³-hybridized carbons (Fsp3) is 0.429. The second-order valence-corrected chi connectivity index (χ2v) is 7.71. The van der Waals surface area contributed by atoms with Crippen molar-refractivity contribution in [3.05, 3.63) is 65.2 Å². The number of phenols is 1. The smallest absolute Gasteiger partial charge is 0.115 e. The third-order valence-corrected chi connectivity index (χ3v) is 6.65. The second-order valence-electron chi connectivity index (χ2n) is 7.06. The Bertz CT molecular complexity index is 678. The quantitative estimate of drug-likeness (QED) is 0.648. The molecule has 0 bridgehead atoms. The third kappa shape index (κ3) is 2.61. The highest BCUT2D eigenvalue weighted by Crippen LogP contribution is 2.56. The van der Waals surface area contributed by atoms with Gasteiger partial charge in [0.1, 0.15) is 5.75 Å². The number of hydrogen-bond donors (Lipinski definition) is 1. The molecular formula is C21H23BrO. The molecule has 0 spiro atoms. The van der Waals surface area contributed by atoms with Gasteiger partial charge in [-0.1, -0.05) is 65.2 Å². The summed E-state index contributed by atoms with van der Waals surface area (Å²) in [6, 6.07) is 17.0. The fourth-order valence-corrected chi connectivity index (χ4v) is 5.76. The van der Waals surface area contributed by atoms with E-state index in [4.69, 9.17) is 0 Å². The van der Waals surface area contributed by atoms with Crippen LogP contribution in [-0.4, -0.2) is 10.4 Å². The molecule has 0 aromatic heterocycles. The van der Waals surface area contributed by atoms with Crippen molar-refractivity contribution in [1.82, 2.24) is 0 Å². The fourth-order valence-electron chi connectivity index (χ4n) is 5.01. The number of halogens is 1. The summed E-state index contributed by atoms with van der Waals surface area (Å²) in [5, 5.41) is 10.7. The molecule has 1 fully saturated rings. The topological polar surface area (TPSA) is 20.2 Å². The third-order valence-electron chi connectivity index (χ3n) is 5.95. The lowest BCUT2D eigenvalue weighted by Gasteiger charge is -2.47. The standard InChI is InChI=1S/C21H23BrO/c22-13-20-18-7-2-1-5-16(18)17-6-3-4-8-19(17)21(20)14-9-11-15(23)12-10-14/h1-2,5,7,9-12,17,19-21,23H,3-4,6,8,13H2. The highest BCUT2D eigenvalue weighted by molar-refractivity contribution is 9.09. The summed E-state index contributed by atoms with van der Waals surface area (Å²) in [4.78, 5) is 0. The first-order valence-corrected chi connectivity index (χ1v) is 9.85. The molecule has 2 aliphatic carbocycles. The van der Waals surface area contributed by atoms with Gasteiger partial charge in [-0.15, -0.1) is 0 Å². The van der Waals surface area contributed by atoms with Gasteiger partial charge in [-0.3, -0.25) is 0 Å². The van der Waals surface area contributed by atoms with Crippen LogP contribution in [0, 0.1) is 5.92 Å². The van der Waals surface area contributed by atoms with E-state index in [2.05, 4.69) is 52.3 Å². The minimum Gasteiger partial charge on any atom is -0.508 e. The van der Waals surface area contributed by atoms with E-state index in [0.29, 0.717) is 23.5 Å². The van der Waals surface area contributed by atoms with Crippen LogP contribution in [0.2, 0.25) is 0 Å². The summed E-state index contributed by atoms with van der Waals surface area (Å²) in [7, 11) is 0. The van der Waals surface area contributed by atoms with Crippen LogP contribution >= 0.6 is 15.9 Å². The van der Waals surface area contributed by atoms with Gasteiger partial charge in [-0.25, -0.2) is 0 Å². The number of hydrogen-bond acceptors (Lipinski definition) is 1. The average Bonchev–Trinajstić information content (AvgIpc) is 2.61. The summed E-state index contributed by atoms with van der Waals surface area (Å²) in [6.07, 6.45) is 5.36. The van der Waals surface area contributed by atoms with Crippen molar-refractivity contribution in [1.29, 1.82) is 0 Å². The summed E-state index contributed by atoms with van der Waals surface area (Å²) >= 11 is 3.80. The van der Waals surface area contributed by atoms with Gasteiger partial charge in [-0.05, 0) is 59.4 Å². The number of alkyl halides is 1. The van der Waals surface area contributed by atoms with E-state index in [-0.39, 0.29) is 0 Å². The Morgan fingerprint density at radius 2 is 1.61 bits per heavy atom. The Hall–Kier alpha value is -1.28. The minimum absolute atomic E-state index is 0.362. The molecule has 4 rings (SSSR count). The molecule has 2 aliphatic rings. The molecule has 0 aliphatic heterocycles. The summed E-state index contributed by atoms with van der Waals surface area (Å²) in [6.45, 7) is 0. The van der Waals surface area contributed by atoms with E-state index in [1.807, 2.05) is 12.1 Å². The number of rotatable bonds is 2. The van der Waals surface area contributed by atoms with Crippen molar-refractivity contribution >= 4 is 15.9 Å². The Morgan fingerprint density at radius 3 is 2.35 bits per heavy atom. The average molecular weight is 371 g/mol. The Morgan fingerprint density at radius 1 is 0.913 bits per heavy atom. The highest BCUT2D eigenvalue weighted by Gasteiger charge is 2.43. The predicted molar refractivity (Wildman–Crippen MR) is 98.5 cm³/mol. The minimum atomic E-state index is 0.362. The van der Waals surface area contributed by atoms with Gasteiger partial charge in [-0.2, -0.15) is 0 Å². The van der Waals surface area contributed by atoms with Gasteiger partial charge in [0.2, 0.25) is 0 Å². The van der Waals surface area contributed by atoms with Crippen molar-refractivity contribution in [2.75, 3.05) is 5.33 Å². The first-order valence-electron chi connectivity index (χ1n) is 8.73. The van der Waals surface area contributed by atoms with Crippen LogP contribution in [0.25, 0.3) is 0 Å². The van der Waals surface area contributed by atoms with Crippen LogP contribution in [-0.2, 0) is 0 Å². The summed E-state index contributed by atoms with van der Waals surface area (Å²) in [5.41, 5.74) is 4.51. The number of fused-ring (bicyclic) bond motifs is 3. The van der Waals surface area contributed by atoms with E-state index in [1.165, 1.54) is 36.8 Å². The second kappa shape index (κ2) is 6.32. The summed E-state index contributed by atoms with van der Waals surface area (Å²) < 4.78 is 0. The van der Waals surface area contributed by atoms with E-state index in [9.17, 15) is 5.11 Å². The first kappa shape index (κ1) is 15.3. The van der Waals surface area contributed by atoms with Crippen molar-refractivity contribution in [3.8, 4) is 5.75 Å². The Labute approximate surface area is 146 Å². The number of phenolic OH excluding ortho intramolecular Hbond substituents is 1. The molecule has 4 atom stereocenters. The maximum absolute atomic E-state index is 9.66. The normalized spacial score (nSPS) is 29.6. The maximum Gasteiger partial charge on any atom is 0.115 e. The van der Waals surface area contributed by atoms with E-state index in [0.717, 1.165) is 11.2 Å². The van der Waals surface area contributed by atoms with Crippen LogP contribution in [0.15, 0.2) is 48.5 Å². The zero-order valence-corrected chi connectivity index (χ0v) is 14.9. The van der Waals surface area contributed by atoms with Gasteiger partial charge in [0.25, 0.3) is 0 Å². The van der Waals surface area contributed by atoms with E-state index >= 15 is 0 Å². The summed E-state index contributed by atoms with van der Waals surface area (Å²) in [5.74, 6) is 2.87. The van der Waals surface area contributed by atoms with Crippen molar-refractivity contribution < 1.29 is 5.11 Å². The van der Waals surface area contributed by atoms with E-state index < -0.39 is 0 Å². The van der Waals surface area contributed by atoms with Crippen LogP contribution in [0.5, 0.6) is 5.75 Å². The molecule has 2 aromatic carbocycles. The molecule has 0 amide bonds. The number of aromatic hydroxyl groups is 1. The van der Waals surface area contributed by atoms with Crippen LogP contribution < -0.4 is 0 Å². The van der Waals surface area contributed by atoms with Crippen LogP contribution in [0.1, 0.15) is 60.1 Å². The van der Waals surface area contributed by atoms with Crippen LogP contribution in [0.4, 0.5) is 0 Å². The van der Waals surface area contributed by atoms with Crippen molar-refractivity contribution in [3.63, 3.8) is 0 Å². The lowest BCUT2D eigenvalue weighted by molar-refractivity contribution is 0.225. The largest absolute Gasteiger partial charge is 0.508 e. The molecule has 0 saturated heterocycles. The van der Waals surface area contributed by atoms with Gasteiger partial charge in [0.05, 0.1) is 0 Å². The highest BCUT2D eigenvalue weighted by atomic mass is 79.9. The SMILES string of the molecule is Oc1ccc(C2C(CBr)c3ccccc3C3CCCCC32)cc1. The molecular weight excluding hydrogens is 348 g/mol. The molecule has 4 unspecified atom stereocenters. The maximum atomic E-state index is 9.66. The molecule has 1 saturated carbocycles. The number of benzene rings is 2. The van der Waals surface area contributed by atoms with Crippen molar-refractivity contribution in [2.45, 2.75) is 43.4 Å². The predicted octanol–water partition coefficient (Wildman–Crippen LogP) is 5.94. The molecule has 0 heterocycles. The molecule has 120 valence electrons. The molecule has 1 nitrogen and oxygen atoms in total. The zero-order valence-electron chi connectivity index (χ0n) is 13.3. The lowest BCUT2D eigenvalue weighted by atomic mass is 9.58. The Kier molecular flexibility index (Phi) is 4.19. The molecule has 0 radical (unpaired) electrons. The van der Waals surface area contributed by atoms with E-state index in [1.54, 1.807) is 5.56 Å². The lowest BCUT2D eigenvalue weighted by Crippen LogP contribution is -2.34. The van der Waals surface area contributed by atoms with Gasteiger partial charge in [0, 0.05) is 11.2 Å². The molecule has 2 heteroatoms. The van der Waals surface area contributed by atoms with Gasteiger partial charge < -0.3 is 5.11 Å². The molecule has 23 heavy (non-hydrogen) atoms. The van der Waals surface area contributed by atoms with Crippen molar-refractivity contribution in [2.24, 2.45) is 5.92 Å². The zero-order chi connectivity index (χ0) is 15.8. The van der Waals surface area contributed by atoms with Crippen LogP contribution in [0.3, 0.4) is 0 Å². The molecule has 2 aromatic rings. The van der Waals surface area contributed by atoms with Gasteiger partial charge in [0.15, 0.2) is 0 Å². The molecule has 1 N–H and O–H groups in total. The monoisotopic (exact) mass is 370 g/mol.